The van der Waals surface area contributed by atoms with Gasteiger partial charge >= 0.3 is 5.97 Å². The Hall–Kier alpha value is -6.73. The van der Waals surface area contributed by atoms with Gasteiger partial charge in [-0.2, -0.15) is 0 Å². The van der Waals surface area contributed by atoms with Gasteiger partial charge in [-0.3, -0.25) is 44.3 Å². The molecular formula is C51H59N9O12S2. The molecule has 1 fully saturated rings. The van der Waals surface area contributed by atoms with Crippen LogP contribution in [0.4, 0.5) is 10.3 Å². The normalized spacial score (nSPS) is 15.3. The number of thiazole rings is 2. The highest BCUT2D eigenvalue weighted by atomic mass is 32.1. The molecule has 1 atom stereocenters. The number of carbonyl (C=O) groups is 7. The van der Waals surface area contributed by atoms with Crippen LogP contribution in [0, 0.1) is 0 Å². The number of aryl methyl sites for hydroxylation is 1. The van der Waals surface area contributed by atoms with E-state index in [2.05, 4.69) is 41.5 Å². The van der Waals surface area contributed by atoms with Crippen molar-refractivity contribution < 1.29 is 57.6 Å². The average Bonchev–Trinajstić information content (AvgIpc) is 4.09. The number of rotatable bonds is 29. The number of anilines is 2. The van der Waals surface area contributed by atoms with Crippen molar-refractivity contribution in [1.29, 1.82) is 0 Å². The fourth-order valence-corrected chi connectivity index (χ4v) is 10.7. The number of piperidine rings is 1. The second kappa shape index (κ2) is 26.5. The number of carbonyl (C=O) groups excluding carboxylic acids is 6. The second-order valence-electron chi connectivity index (χ2n) is 17.5. The van der Waals surface area contributed by atoms with Gasteiger partial charge in [0.2, 0.25) is 11.8 Å². The molecule has 74 heavy (non-hydrogen) atoms. The number of fused-ring (bicyclic) bond motifs is 3. The first-order valence-corrected chi connectivity index (χ1v) is 26.3. The molecule has 3 aromatic carbocycles. The van der Waals surface area contributed by atoms with Crippen LogP contribution in [0.15, 0.2) is 60.7 Å². The summed E-state index contributed by atoms with van der Waals surface area (Å²) >= 11 is 2.82. The van der Waals surface area contributed by atoms with Crippen LogP contribution in [0.25, 0.3) is 10.2 Å². The van der Waals surface area contributed by atoms with Crippen molar-refractivity contribution >= 4 is 84.6 Å². The van der Waals surface area contributed by atoms with Crippen LogP contribution in [0.5, 0.6) is 5.75 Å². The van der Waals surface area contributed by atoms with Crippen molar-refractivity contribution in [3.8, 4) is 5.75 Å². The first kappa shape index (κ1) is 53.6. The van der Waals surface area contributed by atoms with E-state index in [1.807, 2.05) is 42.5 Å². The number of ether oxygens (including phenoxy) is 4. The molecule has 392 valence electrons. The standard InChI is InChI=1S/C51H59N9O12S2/c61-41-16-15-37(46(64)56-41)60-47(65)34-10-6-12-38(43(34)48(60)66)72-31-42(62)54-20-4-3-18-52-21-24-69-26-28-71-29-27-70-25-22-53-19-7-14-40-44(49(67)68)57-51(74-40)59-23-17-32-8-5-9-33(35(32)30-59)45(63)58-50-55-36-11-1-2-13-39(36)73-50/h1-2,5-6,8-13,37,52-53H,3-4,7,14-31H2,(H,54,62)(H,67,68)(H,55,58,63)(H,56,61,64). The average molecular weight is 1050 g/mol. The van der Waals surface area contributed by atoms with Crippen LogP contribution in [0.3, 0.4) is 0 Å². The van der Waals surface area contributed by atoms with E-state index in [-0.39, 0.29) is 53.8 Å². The summed E-state index contributed by atoms with van der Waals surface area (Å²) in [5.74, 6) is -4.12. The molecule has 0 bridgehead atoms. The Labute approximate surface area is 434 Å². The number of carboxylic acid groups (broad SMARTS) is 1. The van der Waals surface area contributed by atoms with Crippen LogP contribution in [0.1, 0.15) is 89.7 Å². The molecule has 21 nitrogen and oxygen atoms in total. The molecule has 3 aliphatic heterocycles. The Morgan fingerprint density at radius 1 is 0.770 bits per heavy atom. The number of imide groups is 2. The Balaban J connectivity index is 0.609. The van der Waals surface area contributed by atoms with Gasteiger partial charge in [-0.1, -0.05) is 41.7 Å². The number of nitrogens with one attached hydrogen (secondary N) is 5. The van der Waals surface area contributed by atoms with E-state index < -0.39 is 35.6 Å². The van der Waals surface area contributed by atoms with Crippen molar-refractivity contribution in [2.75, 3.05) is 95.7 Å². The molecule has 1 saturated heterocycles. The van der Waals surface area contributed by atoms with Gasteiger partial charge in [0, 0.05) is 49.6 Å². The van der Waals surface area contributed by atoms with Crippen molar-refractivity contribution in [2.45, 2.75) is 57.5 Å². The van der Waals surface area contributed by atoms with Crippen molar-refractivity contribution in [1.82, 2.24) is 36.1 Å². The first-order chi connectivity index (χ1) is 36.0. The third-order valence-corrected chi connectivity index (χ3v) is 14.6. The maximum Gasteiger partial charge on any atom is 0.355 e. The van der Waals surface area contributed by atoms with E-state index in [0.29, 0.717) is 108 Å². The smallest absolute Gasteiger partial charge is 0.355 e. The Kier molecular flexibility index (Phi) is 19.2. The fourth-order valence-electron chi connectivity index (χ4n) is 8.71. The third kappa shape index (κ3) is 13.9. The number of carboxylic acids is 1. The number of benzene rings is 3. The largest absolute Gasteiger partial charge is 0.483 e. The van der Waals surface area contributed by atoms with Gasteiger partial charge in [0.1, 0.15) is 11.8 Å². The molecule has 0 saturated carbocycles. The molecular weight excluding hydrogens is 995 g/mol. The number of aromatic carboxylic acids is 1. The minimum absolute atomic E-state index is 0.0115. The molecule has 6 N–H and O–H groups in total. The van der Waals surface area contributed by atoms with Crippen LogP contribution in [0.2, 0.25) is 0 Å². The molecule has 1 unspecified atom stereocenters. The number of hydrogen-bond donors (Lipinski definition) is 6. The Bertz CT molecular complexity index is 2810. The van der Waals surface area contributed by atoms with Crippen molar-refractivity contribution in [2.24, 2.45) is 0 Å². The fraction of sp³-hybridized carbons (Fsp3) is 0.431. The summed E-state index contributed by atoms with van der Waals surface area (Å²) in [7, 11) is 0. The number of unbranched alkanes of at least 4 members (excludes halogenated alkanes) is 1. The minimum atomic E-state index is -1.10. The third-order valence-electron chi connectivity index (χ3n) is 12.4. The maximum absolute atomic E-state index is 13.5. The van der Waals surface area contributed by atoms with Gasteiger partial charge < -0.3 is 44.9 Å². The zero-order valence-corrected chi connectivity index (χ0v) is 42.4. The monoisotopic (exact) mass is 1050 g/mol. The highest BCUT2D eigenvalue weighted by Crippen LogP contribution is 2.35. The van der Waals surface area contributed by atoms with E-state index in [1.54, 1.807) is 0 Å². The quantitative estimate of drug-likeness (QED) is 0.0294. The number of hydrogen-bond acceptors (Lipinski definition) is 18. The van der Waals surface area contributed by atoms with E-state index in [4.69, 9.17) is 18.9 Å². The number of nitrogens with zero attached hydrogens (tertiary/aromatic N) is 4. The Morgan fingerprint density at radius 2 is 1.50 bits per heavy atom. The molecule has 3 aliphatic rings. The zero-order valence-electron chi connectivity index (χ0n) is 40.7. The number of aromatic nitrogens is 2. The SMILES string of the molecule is O=C(COc1cccc2c1C(=O)N(C1CCC(=O)NC1=O)C2=O)NCCCCNCCOCCOCCOCCNCCCc1sc(N2CCc3cccc(C(=O)Nc4nc5ccccc5s4)c3C2)nc1C(=O)O. The molecule has 2 aromatic heterocycles. The molecule has 23 heteroatoms. The summed E-state index contributed by atoms with van der Waals surface area (Å²) in [5.41, 5.74) is 3.53. The van der Waals surface area contributed by atoms with E-state index in [9.17, 15) is 38.7 Å². The summed E-state index contributed by atoms with van der Waals surface area (Å²) in [6, 6.07) is 16.9. The highest BCUT2D eigenvalue weighted by molar-refractivity contribution is 7.22. The lowest BCUT2D eigenvalue weighted by molar-refractivity contribution is -0.136. The summed E-state index contributed by atoms with van der Waals surface area (Å²) in [4.78, 5) is 101. The predicted molar refractivity (Wildman–Crippen MR) is 275 cm³/mol. The first-order valence-electron chi connectivity index (χ1n) is 24.7. The van der Waals surface area contributed by atoms with Gasteiger partial charge in [-0.15, -0.1) is 11.3 Å². The molecule has 6 amide bonds. The van der Waals surface area contributed by atoms with Gasteiger partial charge in [0.25, 0.3) is 23.6 Å². The molecule has 0 radical (unpaired) electrons. The minimum Gasteiger partial charge on any atom is -0.483 e. The van der Waals surface area contributed by atoms with Crippen molar-refractivity contribution in [3.63, 3.8) is 0 Å². The lowest BCUT2D eigenvalue weighted by Gasteiger charge is -2.29. The van der Waals surface area contributed by atoms with Gasteiger partial charge in [0.05, 0.1) is 61.0 Å². The molecule has 5 heterocycles. The molecule has 8 rings (SSSR count). The molecule has 5 aromatic rings. The van der Waals surface area contributed by atoms with Crippen LogP contribution >= 0.6 is 22.7 Å². The lowest BCUT2D eigenvalue weighted by atomic mass is 9.94. The van der Waals surface area contributed by atoms with Gasteiger partial charge in [0.15, 0.2) is 22.6 Å². The second-order valence-corrected chi connectivity index (χ2v) is 19.6. The summed E-state index contributed by atoms with van der Waals surface area (Å²) in [6.45, 7) is 6.71. The highest BCUT2D eigenvalue weighted by Gasteiger charge is 2.46. The van der Waals surface area contributed by atoms with E-state index in [1.165, 1.54) is 40.9 Å². The van der Waals surface area contributed by atoms with Gasteiger partial charge in [-0.05, 0) is 93.1 Å². The van der Waals surface area contributed by atoms with Crippen LogP contribution < -0.4 is 36.2 Å². The maximum atomic E-state index is 13.5. The van der Waals surface area contributed by atoms with E-state index >= 15 is 0 Å². The molecule has 0 spiro atoms. The Morgan fingerprint density at radius 3 is 2.26 bits per heavy atom. The van der Waals surface area contributed by atoms with E-state index in [0.717, 1.165) is 56.9 Å². The predicted octanol–water partition coefficient (Wildman–Crippen LogP) is 3.80. The van der Waals surface area contributed by atoms with Crippen LogP contribution in [-0.2, 0) is 48.0 Å². The zero-order chi connectivity index (χ0) is 51.8. The number of amides is 6. The van der Waals surface area contributed by atoms with Crippen molar-refractivity contribution in [3.05, 3.63) is 99.1 Å². The summed E-state index contributed by atoms with van der Waals surface area (Å²) < 4.78 is 23.5. The topological polar surface area (TPSA) is 269 Å². The van der Waals surface area contributed by atoms with Gasteiger partial charge in [-0.25, -0.2) is 14.8 Å². The number of para-hydroxylation sites is 1. The molecule has 0 aliphatic carbocycles. The summed E-state index contributed by atoms with van der Waals surface area (Å²) in [6.07, 6.45) is 3.59. The van der Waals surface area contributed by atoms with Crippen LogP contribution in [-0.4, -0.2) is 153 Å². The lowest BCUT2D eigenvalue weighted by Crippen LogP contribution is -2.54. The summed E-state index contributed by atoms with van der Waals surface area (Å²) in [5, 5.41) is 25.7.